The lowest BCUT2D eigenvalue weighted by molar-refractivity contribution is 0.414. The van der Waals surface area contributed by atoms with Crippen LogP contribution in [0.2, 0.25) is 0 Å². The van der Waals surface area contributed by atoms with E-state index < -0.39 is 0 Å². The van der Waals surface area contributed by atoms with E-state index in [1.807, 2.05) is 19.1 Å². The Morgan fingerprint density at radius 2 is 1.79 bits per heavy atom. The van der Waals surface area contributed by atoms with Gasteiger partial charge in [0, 0.05) is 5.38 Å². The molecule has 0 aliphatic heterocycles. The van der Waals surface area contributed by atoms with Crippen LogP contribution >= 0.6 is 11.6 Å². The summed E-state index contributed by atoms with van der Waals surface area (Å²) in [5, 5.41) is 0.229. The Hall–Kier alpha value is -0.690. The van der Waals surface area contributed by atoms with Gasteiger partial charge in [0.15, 0.2) is 0 Å². The van der Waals surface area contributed by atoms with Crippen molar-refractivity contribution in [2.24, 2.45) is 0 Å². The Kier molecular flexibility index (Phi) is 4.27. The summed E-state index contributed by atoms with van der Waals surface area (Å²) in [6, 6.07) is 8.18. The Morgan fingerprint density at radius 1 is 1.21 bits per heavy atom. The van der Waals surface area contributed by atoms with Crippen molar-refractivity contribution in [1.82, 2.24) is 0 Å². The highest BCUT2D eigenvalue weighted by molar-refractivity contribution is 6.20. The lowest BCUT2D eigenvalue weighted by atomic mass is 9.96. The molecule has 1 aromatic carbocycles. The van der Waals surface area contributed by atoms with Crippen molar-refractivity contribution in [1.29, 1.82) is 0 Å². The maximum absolute atomic E-state index is 5.96. The van der Waals surface area contributed by atoms with E-state index >= 15 is 0 Å². The lowest BCUT2D eigenvalue weighted by Gasteiger charge is -2.13. The van der Waals surface area contributed by atoms with Gasteiger partial charge >= 0.3 is 0 Å². The van der Waals surface area contributed by atoms with Crippen LogP contribution < -0.4 is 4.74 Å². The third-order valence-corrected chi connectivity index (χ3v) is 2.54. The summed E-state index contributed by atoms with van der Waals surface area (Å²) in [5.74, 6) is 1.41. The molecular formula is C12H17ClO. The number of alkyl halides is 1. The zero-order valence-corrected chi connectivity index (χ0v) is 9.71. The van der Waals surface area contributed by atoms with E-state index in [0.29, 0.717) is 5.92 Å². The summed E-state index contributed by atoms with van der Waals surface area (Å²) >= 11 is 5.96. The number of hydrogen-bond acceptors (Lipinski definition) is 1. The molecule has 0 fully saturated rings. The van der Waals surface area contributed by atoms with Gasteiger partial charge in [0.2, 0.25) is 0 Å². The molecule has 2 unspecified atom stereocenters. The van der Waals surface area contributed by atoms with Crippen molar-refractivity contribution in [3.8, 4) is 5.75 Å². The molecule has 0 bridgehead atoms. The lowest BCUT2D eigenvalue weighted by Crippen LogP contribution is -2.00. The molecule has 2 atom stereocenters. The third-order valence-electron chi connectivity index (χ3n) is 2.36. The zero-order chi connectivity index (χ0) is 10.6. The standard InChI is InChI=1S/C12H17ClO/c1-9(8-10(2)13)11-4-6-12(14-3)7-5-11/h4-7,9-10H,8H2,1-3H3. The second-order valence-corrected chi connectivity index (χ2v) is 4.44. The maximum atomic E-state index is 5.96. The predicted molar refractivity (Wildman–Crippen MR) is 61.3 cm³/mol. The van der Waals surface area contributed by atoms with Gasteiger partial charge in [-0.1, -0.05) is 19.1 Å². The van der Waals surface area contributed by atoms with Crippen LogP contribution in [0, 0.1) is 0 Å². The van der Waals surface area contributed by atoms with E-state index in [4.69, 9.17) is 16.3 Å². The smallest absolute Gasteiger partial charge is 0.118 e. The van der Waals surface area contributed by atoms with E-state index in [-0.39, 0.29) is 5.38 Å². The molecule has 14 heavy (non-hydrogen) atoms. The quantitative estimate of drug-likeness (QED) is 0.690. The molecule has 0 radical (unpaired) electrons. The number of halogens is 1. The molecule has 2 heteroatoms. The van der Waals surface area contributed by atoms with Crippen LogP contribution in [-0.2, 0) is 0 Å². The first kappa shape index (κ1) is 11.4. The minimum atomic E-state index is 0.229. The van der Waals surface area contributed by atoms with Crippen LogP contribution in [0.5, 0.6) is 5.75 Å². The molecular weight excluding hydrogens is 196 g/mol. The monoisotopic (exact) mass is 212 g/mol. The van der Waals surface area contributed by atoms with Crippen molar-refractivity contribution >= 4 is 11.6 Å². The average molecular weight is 213 g/mol. The van der Waals surface area contributed by atoms with Gasteiger partial charge in [0.05, 0.1) is 7.11 Å². The number of methoxy groups -OCH3 is 1. The number of hydrogen-bond donors (Lipinski definition) is 0. The number of benzene rings is 1. The fraction of sp³-hybridized carbons (Fsp3) is 0.500. The minimum absolute atomic E-state index is 0.229. The molecule has 1 nitrogen and oxygen atoms in total. The normalized spacial score (nSPS) is 14.9. The first-order chi connectivity index (χ1) is 6.63. The number of rotatable bonds is 4. The van der Waals surface area contributed by atoms with Gasteiger partial charge in [-0.2, -0.15) is 0 Å². The average Bonchev–Trinajstić information content (AvgIpc) is 2.17. The van der Waals surface area contributed by atoms with E-state index in [1.54, 1.807) is 7.11 Å². The Balaban J connectivity index is 2.66. The summed E-state index contributed by atoms with van der Waals surface area (Å²) in [5.41, 5.74) is 1.32. The van der Waals surface area contributed by atoms with Crippen molar-refractivity contribution in [3.63, 3.8) is 0 Å². The molecule has 0 aliphatic carbocycles. The SMILES string of the molecule is COc1ccc(C(C)CC(C)Cl)cc1. The summed E-state index contributed by atoms with van der Waals surface area (Å²) in [4.78, 5) is 0. The summed E-state index contributed by atoms with van der Waals surface area (Å²) < 4.78 is 5.10. The molecule has 0 saturated carbocycles. The first-order valence-corrected chi connectivity index (χ1v) is 5.35. The highest BCUT2D eigenvalue weighted by Gasteiger charge is 2.08. The summed E-state index contributed by atoms with van der Waals surface area (Å²) in [7, 11) is 1.68. The molecule has 0 amide bonds. The van der Waals surface area contributed by atoms with Crippen LogP contribution in [-0.4, -0.2) is 12.5 Å². The van der Waals surface area contributed by atoms with Crippen molar-refractivity contribution in [3.05, 3.63) is 29.8 Å². The van der Waals surface area contributed by atoms with Crippen LogP contribution in [0.25, 0.3) is 0 Å². The molecule has 0 aromatic heterocycles. The highest BCUT2D eigenvalue weighted by Crippen LogP contribution is 2.24. The topological polar surface area (TPSA) is 9.23 Å². The van der Waals surface area contributed by atoms with Gasteiger partial charge in [-0.05, 0) is 37.0 Å². The zero-order valence-electron chi connectivity index (χ0n) is 8.96. The van der Waals surface area contributed by atoms with Gasteiger partial charge in [-0.15, -0.1) is 11.6 Å². The molecule has 0 saturated heterocycles. The maximum Gasteiger partial charge on any atom is 0.118 e. The third kappa shape index (κ3) is 3.22. The Bertz CT molecular complexity index is 266. The van der Waals surface area contributed by atoms with Gasteiger partial charge in [0.1, 0.15) is 5.75 Å². The Labute approximate surface area is 91.0 Å². The number of ether oxygens (including phenoxy) is 1. The van der Waals surface area contributed by atoms with E-state index in [0.717, 1.165) is 12.2 Å². The fourth-order valence-electron chi connectivity index (χ4n) is 1.56. The van der Waals surface area contributed by atoms with E-state index in [1.165, 1.54) is 5.56 Å². The minimum Gasteiger partial charge on any atom is -0.497 e. The van der Waals surface area contributed by atoms with Gasteiger partial charge in [-0.25, -0.2) is 0 Å². The summed E-state index contributed by atoms with van der Waals surface area (Å²) in [6.45, 7) is 4.22. The van der Waals surface area contributed by atoms with Crippen molar-refractivity contribution in [2.45, 2.75) is 31.6 Å². The predicted octanol–water partition coefficient (Wildman–Crippen LogP) is 3.82. The molecule has 78 valence electrons. The van der Waals surface area contributed by atoms with Crippen LogP contribution in [0.4, 0.5) is 0 Å². The molecule has 1 aromatic rings. The highest BCUT2D eigenvalue weighted by atomic mass is 35.5. The summed E-state index contributed by atoms with van der Waals surface area (Å²) in [6.07, 6.45) is 1.01. The second kappa shape index (κ2) is 5.26. The molecule has 0 aliphatic rings. The molecule has 0 N–H and O–H groups in total. The molecule has 0 spiro atoms. The van der Waals surface area contributed by atoms with Crippen LogP contribution in [0.3, 0.4) is 0 Å². The van der Waals surface area contributed by atoms with Gasteiger partial charge in [-0.3, -0.25) is 0 Å². The van der Waals surface area contributed by atoms with E-state index in [2.05, 4.69) is 19.1 Å². The van der Waals surface area contributed by atoms with Gasteiger partial charge < -0.3 is 4.74 Å². The van der Waals surface area contributed by atoms with Crippen LogP contribution in [0.15, 0.2) is 24.3 Å². The van der Waals surface area contributed by atoms with Crippen molar-refractivity contribution < 1.29 is 4.74 Å². The first-order valence-electron chi connectivity index (χ1n) is 4.91. The van der Waals surface area contributed by atoms with Crippen molar-refractivity contribution in [2.75, 3.05) is 7.11 Å². The fourth-order valence-corrected chi connectivity index (χ4v) is 1.82. The van der Waals surface area contributed by atoms with Crippen LogP contribution in [0.1, 0.15) is 31.7 Å². The Morgan fingerprint density at radius 3 is 2.21 bits per heavy atom. The molecule has 0 heterocycles. The second-order valence-electron chi connectivity index (χ2n) is 3.69. The largest absolute Gasteiger partial charge is 0.497 e. The van der Waals surface area contributed by atoms with Gasteiger partial charge in [0.25, 0.3) is 0 Å². The molecule has 1 rings (SSSR count). The van der Waals surface area contributed by atoms with E-state index in [9.17, 15) is 0 Å².